The first-order chi connectivity index (χ1) is 32.6. The van der Waals surface area contributed by atoms with Gasteiger partial charge in [0.2, 0.25) is 11.9 Å². The van der Waals surface area contributed by atoms with Crippen molar-refractivity contribution in [3.63, 3.8) is 0 Å². The van der Waals surface area contributed by atoms with Gasteiger partial charge < -0.3 is 44.9 Å². The van der Waals surface area contributed by atoms with Crippen LogP contribution in [0.3, 0.4) is 0 Å². The van der Waals surface area contributed by atoms with Gasteiger partial charge in [-0.3, -0.25) is 24.3 Å². The summed E-state index contributed by atoms with van der Waals surface area (Å²) < 4.78 is 30.8. The minimum absolute atomic E-state index is 0.193. The number of hydrogen-bond acceptors (Lipinski definition) is 13. The Hall–Kier alpha value is -7.32. The van der Waals surface area contributed by atoms with E-state index in [4.69, 9.17) is 45.4 Å². The largest absolute Gasteiger partial charge is 0.491 e. The normalized spacial score (nSPS) is 11.9. The van der Waals surface area contributed by atoms with E-state index in [1.807, 2.05) is 71.9 Å². The van der Waals surface area contributed by atoms with Gasteiger partial charge >= 0.3 is 6.09 Å². The molecule has 5 aromatic heterocycles. The molecule has 0 fully saturated rings. The summed E-state index contributed by atoms with van der Waals surface area (Å²) in [5.41, 5.74) is 17.7. The van der Waals surface area contributed by atoms with Crippen LogP contribution in [0.2, 0.25) is 0 Å². The highest BCUT2D eigenvalue weighted by molar-refractivity contribution is 6.12. The van der Waals surface area contributed by atoms with Crippen molar-refractivity contribution in [3.8, 4) is 23.0 Å². The Morgan fingerprint density at radius 3 is 2.19 bits per heavy atom. The highest BCUT2D eigenvalue weighted by Gasteiger charge is 2.24. The first-order valence-electron chi connectivity index (χ1n) is 22.8. The number of primary amides is 1. The molecule has 0 bridgehead atoms. The average Bonchev–Trinajstić information content (AvgIpc) is 4.06. The van der Waals surface area contributed by atoms with Gasteiger partial charge in [-0.1, -0.05) is 12.2 Å². The topological polar surface area (TPSA) is 248 Å². The molecule has 7 aromatic rings. The number of hydrogen-bond donors (Lipinski definition) is 4. The van der Waals surface area contributed by atoms with E-state index < -0.39 is 17.6 Å². The third-order valence-electron chi connectivity index (χ3n) is 10.9. The van der Waals surface area contributed by atoms with Gasteiger partial charge in [-0.25, -0.2) is 19.7 Å². The number of amides is 3. The van der Waals surface area contributed by atoms with E-state index in [0.29, 0.717) is 108 Å². The van der Waals surface area contributed by atoms with Crippen LogP contribution in [0.1, 0.15) is 85.3 Å². The molecule has 2 aromatic carbocycles. The summed E-state index contributed by atoms with van der Waals surface area (Å²) in [5, 5.41) is 16.2. The molecule has 0 radical (unpaired) electrons. The van der Waals surface area contributed by atoms with Crippen LogP contribution >= 0.6 is 0 Å². The fraction of sp³-hybridized carbons (Fsp3) is 0.417. The first kappa shape index (κ1) is 48.6. The summed E-state index contributed by atoms with van der Waals surface area (Å²) in [5.74, 6) is 0.747. The van der Waals surface area contributed by atoms with Crippen molar-refractivity contribution >= 4 is 56.8 Å². The first-order valence-corrected chi connectivity index (χ1v) is 22.8. The van der Waals surface area contributed by atoms with E-state index in [2.05, 4.69) is 20.8 Å². The van der Waals surface area contributed by atoms with Crippen molar-refractivity contribution in [3.05, 3.63) is 83.0 Å². The van der Waals surface area contributed by atoms with Crippen molar-refractivity contribution in [2.45, 2.75) is 99.6 Å². The third kappa shape index (κ3) is 10.9. The molecule has 6 N–H and O–H groups in total. The number of rotatable bonds is 21. The Morgan fingerprint density at radius 1 is 0.809 bits per heavy atom. The Bertz CT molecular complexity index is 2990. The summed E-state index contributed by atoms with van der Waals surface area (Å²) >= 11 is 0. The van der Waals surface area contributed by atoms with E-state index >= 15 is 0 Å². The summed E-state index contributed by atoms with van der Waals surface area (Å²) in [4.78, 5) is 53.8. The van der Waals surface area contributed by atoms with Crippen molar-refractivity contribution < 1.29 is 33.3 Å². The van der Waals surface area contributed by atoms with Crippen molar-refractivity contribution in [2.24, 2.45) is 11.5 Å². The quantitative estimate of drug-likeness (QED) is 0.0449. The van der Waals surface area contributed by atoms with Gasteiger partial charge in [-0.2, -0.15) is 10.2 Å². The second-order valence-electron chi connectivity index (χ2n) is 17.2. The number of aryl methyl sites for hydroxylation is 4. The lowest BCUT2D eigenvalue weighted by molar-refractivity contribution is 0.0525. The number of benzene rings is 2. The molecule has 20 heteroatoms. The number of carbonyl (C=O) groups excluding carboxylic acids is 3. The second kappa shape index (κ2) is 21.1. The van der Waals surface area contributed by atoms with Crippen LogP contribution in [0.15, 0.2) is 54.7 Å². The molecule has 68 heavy (non-hydrogen) atoms. The van der Waals surface area contributed by atoms with Crippen molar-refractivity contribution in [2.75, 3.05) is 38.8 Å². The number of aromatic nitrogens is 9. The molecule has 0 aliphatic carbocycles. The molecular weight excluding hydrogens is 871 g/mol. The van der Waals surface area contributed by atoms with Crippen LogP contribution in [-0.4, -0.2) is 101 Å². The fourth-order valence-electron chi connectivity index (χ4n) is 7.91. The maximum Gasteiger partial charge on any atom is 0.407 e. The van der Waals surface area contributed by atoms with Crippen LogP contribution in [0, 0.1) is 13.8 Å². The number of fused-ring (bicyclic) bond motifs is 4. The summed E-state index contributed by atoms with van der Waals surface area (Å²) in [7, 11) is 1.64. The Kier molecular flexibility index (Phi) is 15.1. The lowest BCUT2D eigenvalue weighted by Crippen LogP contribution is -2.33. The molecule has 0 aliphatic heterocycles. The molecule has 0 aliphatic rings. The van der Waals surface area contributed by atoms with E-state index in [1.54, 1.807) is 57.0 Å². The van der Waals surface area contributed by atoms with Gasteiger partial charge in [0, 0.05) is 81.9 Å². The smallest absolute Gasteiger partial charge is 0.407 e. The highest BCUT2D eigenvalue weighted by atomic mass is 16.6. The molecule has 0 spiro atoms. The molecule has 0 saturated heterocycles. The van der Waals surface area contributed by atoms with Crippen LogP contribution in [0.4, 0.5) is 10.7 Å². The number of nitrogens with zero attached hydrogens (tertiary/aromatic N) is 9. The number of carbonyl (C=O) groups is 3. The van der Waals surface area contributed by atoms with Gasteiger partial charge in [0.1, 0.15) is 39.7 Å². The van der Waals surface area contributed by atoms with Gasteiger partial charge in [-0.05, 0) is 96.8 Å². The zero-order valence-corrected chi connectivity index (χ0v) is 40.0. The number of methoxy groups -OCH3 is 1. The zero-order chi connectivity index (χ0) is 48.7. The fourth-order valence-corrected chi connectivity index (χ4v) is 7.91. The van der Waals surface area contributed by atoms with Crippen molar-refractivity contribution in [1.82, 2.24) is 49.0 Å². The van der Waals surface area contributed by atoms with Crippen LogP contribution < -0.4 is 31.6 Å². The Morgan fingerprint density at radius 2 is 1.50 bits per heavy atom. The number of ether oxygens (including phenoxy) is 4. The van der Waals surface area contributed by atoms with E-state index in [9.17, 15) is 14.4 Å². The summed E-state index contributed by atoms with van der Waals surface area (Å²) in [6.45, 7) is 16.4. The maximum atomic E-state index is 13.9. The second-order valence-corrected chi connectivity index (χ2v) is 17.2. The van der Waals surface area contributed by atoms with E-state index in [0.717, 1.165) is 22.6 Å². The number of alkyl carbamates (subject to hydrolysis) is 1. The summed E-state index contributed by atoms with van der Waals surface area (Å²) in [6, 6.07) is 10.8. The minimum atomic E-state index is -0.638. The zero-order valence-electron chi connectivity index (χ0n) is 40.0. The highest BCUT2D eigenvalue weighted by Crippen LogP contribution is 2.37. The van der Waals surface area contributed by atoms with Crippen molar-refractivity contribution in [1.29, 1.82) is 0 Å². The summed E-state index contributed by atoms with van der Waals surface area (Å²) in [6.07, 6.45) is 6.26. The number of nitrogens with two attached hydrogens (primary N) is 2. The van der Waals surface area contributed by atoms with Gasteiger partial charge in [0.25, 0.3) is 5.91 Å². The molecule has 0 atom stereocenters. The molecule has 0 saturated carbocycles. The van der Waals surface area contributed by atoms with Gasteiger partial charge in [-0.15, -0.1) is 0 Å². The Balaban J connectivity index is 1.29. The van der Waals surface area contributed by atoms with Crippen LogP contribution in [0.5, 0.6) is 11.5 Å². The van der Waals surface area contributed by atoms with Gasteiger partial charge in [0.05, 0.1) is 35.6 Å². The minimum Gasteiger partial charge on any atom is -0.491 e. The standard InChI is InChI=1S/C48H61N13O7/c1-9-60-36(21-29(3)56-60)43-52-28-34-33-25-32(42(50)62)26-39(66-19-13-15-51-47(64)68-48(5,6)7)40(33)58(44(34)54-43)16-11-12-17-59-41-35(23-31(27-49)24-38(41)67-20-14-18-65-8)53-46(59)55-45(63)37-22-30(4)57-61(37)10-2/h11-12,21-26,28H,9-10,13-20,27,49H2,1-8H3,(H2,50,62)(H,51,64)(H,53,55,63)/b12-11+. The molecule has 7 rings (SSSR count). The number of imidazole rings is 1. The molecule has 0 unspecified atom stereocenters. The van der Waals surface area contributed by atoms with E-state index in [-0.39, 0.29) is 37.7 Å². The SMILES string of the molecule is CCn1nc(C)cc1C(=O)Nc1nc2cc(CN)cc(OCCCOC)c2n1C/C=C/Cn1c2nc(-c3cc(C)nn3CC)ncc2c2cc(C(N)=O)cc(OCCCNC(=O)OC(C)(C)C)c21. The molecular formula is C48H61N13O7. The van der Waals surface area contributed by atoms with Gasteiger partial charge in [0.15, 0.2) is 5.82 Å². The Labute approximate surface area is 394 Å². The number of nitrogens with one attached hydrogen (secondary N) is 2. The van der Waals surface area contributed by atoms with Crippen LogP contribution in [-0.2, 0) is 42.2 Å². The lowest BCUT2D eigenvalue weighted by atomic mass is 10.1. The average molecular weight is 932 g/mol. The predicted octanol–water partition coefficient (Wildman–Crippen LogP) is 6.43. The number of anilines is 1. The maximum absolute atomic E-state index is 13.9. The lowest BCUT2D eigenvalue weighted by Gasteiger charge is -2.19. The predicted molar refractivity (Wildman–Crippen MR) is 259 cm³/mol. The van der Waals surface area contributed by atoms with Crippen LogP contribution in [0.25, 0.3) is 44.5 Å². The third-order valence-corrected chi connectivity index (χ3v) is 10.9. The monoisotopic (exact) mass is 931 g/mol. The molecule has 3 amide bonds. The number of allylic oxidation sites excluding steroid dienone is 2. The molecule has 360 valence electrons. The van der Waals surface area contributed by atoms with E-state index in [1.165, 1.54) is 0 Å². The molecule has 5 heterocycles. The molecule has 20 nitrogen and oxygen atoms in total.